The van der Waals surface area contributed by atoms with E-state index in [9.17, 15) is 9.50 Å². The number of aliphatic hydroxyl groups excluding tert-OH is 1. The van der Waals surface area contributed by atoms with Crippen molar-refractivity contribution in [1.29, 1.82) is 0 Å². The molecule has 1 fully saturated rings. The monoisotopic (exact) mass is 240 g/mol. The van der Waals surface area contributed by atoms with Crippen LogP contribution in [0.3, 0.4) is 0 Å². The Labute approximate surface area is 100 Å². The molecule has 1 saturated heterocycles. The lowest BCUT2D eigenvalue weighted by atomic mass is 9.94. The molecule has 1 aliphatic rings. The van der Waals surface area contributed by atoms with Crippen LogP contribution >= 0.6 is 0 Å². The maximum atomic E-state index is 14.0. The van der Waals surface area contributed by atoms with Crippen LogP contribution in [0.5, 0.6) is 5.75 Å². The maximum absolute atomic E-state index is 14.0. The van der Waals surface area contributed by atoms with Gasteiger partial charge in [0.2, 0.25) is 0 Å². The number of methoxy groups -OCH3 is 1. The van der Waals surface area contributed by atoms with Crippen molar-refractivity contribution in [3.05, 3.63) is 29.6 Å². The summed E-state index contributed by atoms with van der Waals surface area (Å²) in [5.74, 6) is -0.131. The molecule has 2 rings (SSSR count). The minimum Gasteiger partial charge on any atom is -0.494 e. The summed E-state index contributed by atoms with van der Waals surface area (Å²) < 4.78 is 24.3. The average molecular weight is 240 g/mol. The van der Waals surface area contributed by atoms with Crippen LogP contribution in [0, 0.1) is 11.7 Å². The van der Waals surface area contributed by atoms with Gasteiger partial charge in [0.05, 0.1) is 13.2 Å². The molecule has 0 amide bonds. The lowest BCUT2D eigenvalue weighted by Crippen LogP contribution is -2.24. The van der Waals surface area contributed by atoms with Gasteiger partial charge in [0.1, 0.15) is 6.10 Å². The van der Waals surface area contributed by atoms with Gasteiger partial charge in [-0.1, -0.05) is 19.1 Å². The third-order valence-corrected chi connectivity index (χ3v) is 3.29. The number of halogens is 1. The zero-order chi connectivity index (χ0) is 12.4. The van der Waals surface area contributed by atoms with E-state index in [1.165, 1.54) is 13.2 Å². The fourth-order valence-corrected chi connectivity index (χ4v) is 2.21. The van der Waals surface area contributed by atoms with Crippen LogP contribution in [-0.4, -0.2) is 24.9 Å². The van der Waals surface area contributed by atoms with Crippen molar-refractivity contribution in [2.75, 3.05) is 13.7 Å². The van der Waals surface area contributed by atoms with Crippen molar-refractivity contribution < 1.29 is 19.0 Å². The van der Waals surface area contributed by atoms with Crippen molar-refractivity contribution in [3.8, 4) is 5.75 Å². The number of hydrogen-bond donors (Lipinski definition) is 1. The van der Waals surface area contributed by atoms with Gasteiger partial charge in [-0.25, -0.2) is 4.39 Å². The molecule has 1 aromatic carbocycles. The van der Waals surface area contributed by atoms with Gasteiger partial charge in [-0.05, 0) is 18.4 Å². The minimum atomic E-state index is -0.942. The van der Waals surface area contributed by atoms with E-state index in [1.807, 2.05) is 6.92 Å². The summed E-state index contributed by atoms with van der Waals surface area (Å²) in [5.41, 5.74) is 0.239. The Kier molecular flexibility index (Phi) is 3.64. The van der Waals surface area contributed by atoms with E-state index >= 15 is 0 Å². The Balaban J connectivity index is 2.27. The molecule has 1 N–H and O–H groups in total. The molecule has 1 aromatic rings. The summed E-state index contributed by atoms with van der Waals surface area (Å²) in [5, 5.41) is 10.2. The highest BCUT2D eigenvalue weighted by Crippen LogP contribution is 2.34. The van der Waals surface area contributed by atoms with Gasteiger partial charge in [-0.15, -0.1) is 0 Å². The smallest absolute Gasteiger partial charge is 0.170 e. The summed E-state index contributed by atoms with van der Waals surface area (Å²) in [6, 6.07) is 4.77. The number of ether oxygens (including phenoxy) is 2. The van der Waals surface area contributed by atoms with E-state index in [1.54, 1.807) is 12.1 Å². The highest BCUT2D eigenvalue weighted by Gasteiger charge is 2.33. The first-order valence-electron chi connectivity index (χ1n) is 5.77. The number of benzene rings is 1. The number of hydrogen-bond acceptors (Lipinski definition) is 3. The topological polar surface area (TPSA) is 38.7 Å². The summed E-state index contributed by atoms with van der Waals surface area (Å²) in [7, 11) is 1.41. The second-order valence-electron chi connectivity index (χ2n) is 4.41. The Morgan fingerprint density at radius 3 is 2.88 bits per heavy atom. The van der Waals surface area contributed by atoms with Gasteiger partial charge < -0.3 is 14.6 Å². The van der Waals surface area contributed by atoms with E-state index < -0.39 is 11.9 Å². The van der Waals surface area contributed by atoms with E-state index in [0.29, 0.717) is 6.61 Å². The van der Waals surface area contributed by atoms with Crippen molar-refractivity contribution in [2.24, 2.45) is 5.92 Å². The quantitative estimate of drug-likeness (QED) is 0.881. The number of aliphatic hydroxyl groups is 1. The van der Waals surface area contributed by atoms with Crippen LogP contribution in [0.1, 0.15) is 25.0 Å². The molecule has 0 bridgehead atoms. The van der Waals surface area contributed by atoms with Crippen LogP contribution in [0.2, 0.25) is 0 Å². The Morgan fingerprint density at radius 2 is 2.29 bits per heavy atom. The Bertz CT molecular complexity index is 394. The van der Waals surface area contributed by atoms with Gasteiger partial charge in [-0.2, -0.15) is 0 Å². The highest BCUT2D eigenvalue weighted by molar-refractivity contribution is 5.33. The predicted octanol–water partition coefficient (Wildman–Crippen LogP) is 2.29. The molecule has 3 unspecified atom stereocenters. The average Bonchev–Trinajstić information content (AvgIpc) is 2.75. The van der Waals surface area contributed by atoms with Crippen LogP contribution < -0.4 is 4.74 Å². The maximum Gasteiger partial charge on any atom is 0.170 e. The van der Waals surface area contributed by atoms with E-state index in [4.69, 9.17) is 9.47 Å². The molecule has 3 nitrogen and oxygen atoms in total. The molecule has 17 heavy (non-hydrogen) atoms. The predicted molar refractivity (Wildman–Crippen MR) is 61.4 cm³/mol. The van der Waals surface area contributed by atoms with Gasteiger partial charge in [0, 0.05) is 12.2 Å². The van der Waals surface area contributed by atoms with Gasteiger partial charge >= 0.3 is 0 Å². The zero-order valence-electron chi connectivity index (χ0n) is 10.0. The summed E-state index contributed by atoms with van der Waals surface area (Å²) in [4.78, 5) is 0. The van der Waals surface area contributed by atoms with Gasteiger partial charge in [-0.3, -0.25) is 0 Å². The van der Waals surface area contributed by atoms with Crippen LogP contribution in [0.25, 0.3) is 0 Å². The largest absolute Gasteiger partial charge is 0.494 e. The molecule has 1 aliphatic heterocycles. The summed E-state index contributed by atoms with van der Waals surface area (Å²) in [6.07, 6.45) is -0.382. The second-order valence-corrected chi connectivity index (χ2v) is 4.41. The fraction of sp³-hybridized carbons (Fsp3) is 0.538. The first-order valence-corrected chi connectivity index (χ1v) is 5.77. The fourth-order valence-electron chi connectivity index (χ4n) is 2.21. The highest BCUT2D eigenvalue weighted by atomic mass is 19.1. The molecule has 3 atom stereocenters. The molecule has 4 heteroatoms. The second kappa shape index (κ2) is 5.02. The van der Waals surface area contributed by atoms with E-state index in [2.05, 4.69) is 0 Å². The van der Waals surface area contributed by atoms with Crippen LogP contribution in [0.15, 0.2) is 18.2 Å². The molecular weight excluding hydrogens is 223 g/mol. The number of rotatable bonds is 3. The third kappa shape index (κ3) is 2.28. The zero-order valence-corrected chi connectivity index (χ0v) is 10.0. The summed E-state index contributed by atoms with van der Waals surface area (Å²) in [6.45, 7) is 2.62. The SMILES string of the molecule is COc1cccc(C(O)C2OCCC2C)c1F. The lowest BCUT2D eigenvalue weighted by Gasteiger charge is -2.22. The molecular formula is C13H17FO3. The first kappa shape index (κ1) is 12.3. The van der Waals surface area contributed by atoms with Gasteiger partial charge in [0.25, 0.3) is 0 Å². The molecule has 1 heterocycles. The molecule has 0 saturated carbocycles. The molecule has 0 aliphatic carbocycles. The van der Waals surface area contributed by atoms with Crippen molar-refractivity contribution >= 4 is 0 Å². The minimum absolute atomic E-state index is 0.146. The third-order valence-electron chi connectivity index (χ3n) is 3.29. The normalized spacial score (nSPS) is 25.9. The van der Waals surface area contributed by atoms with Crippen molar-refractivity contribution in [2.45, 2.75) is 25.6 Å². The van der Waals surface area contributed by atoms with Crippen molar-refractivity contribution in [3.63, 3.8) is 0 Å². The van der Waals surface area contributed by atoms with Gasteiger partial charge in [0.15, 0.2) is 11.6 Å². The first-order chi connectivity index (χ1) is 8.15. The molecule has 0 aromatic heterocycles. The Hall–Kier alpha value is -1.13. The molecule has 94 valence electrons. The Morgan fingerprint density at radius 1 is 1.53 bits per heavy atom. The van der Waals surface area contributed by atoms with E-state index in [-0.39, 0.29) is 23.3 Å². The summed E-state index contributed by atoms with van der Waals surface area (Å²) >= 11 is 0. The van der Waals surface area contributed by atoms with E-state index in [0.717, 1.165) is 6.42 Å². The van der Waals surface area contributed by atoms with Crippen LogP contribution in [0.4, 0.5) is 4.39 Å². The lowest BCUT2D eigenvalue weighted by molar-refractivity contribution is -0.0195. The standard InChI is InChI=1S/C13H17FO3/c1-8-6-7-17-13(8)12(15)9-4-3-5-10(16-2)11(9)14/h3-5,8,12-13,15H,6-7H2,1-2H3. The molecule has 0 radical (unpaired) electrons. The molecule has 0 spiro atoms. The van der Waals surface area contributed by atoms with Crippen LogP contribution in [-0.2, 0) is 4.74 Å². The van der Waals surface area contributed by atoms with Crippen molar-refractivity contribution in [1.82, 2.24) is 0 Å².